The van der Waals surface area contributed by atoms with Crippen molar-refractivity contribution in [2.24, 2.45) is 9.98 Å². The van der Waals surface area contributed by atoms with Gasteiger partial charge in [0, 0.05) is 44.4 Å². The first kappa shape index (κ1) is 24.3. The smallest absolute Gasteiger partial charge is 0.245 e. The highest BCUT2D eigenvalue weighted by Gasteiger charge is 2.31. The first-order chi connectivity index (χ1) is 17.7. The molecule has 0 spiro atoms. The Morgan fingerprint density at radius 2 is 1.81 bits per heavy atom. The average Bonchev–Trinajstić information content (AvgIpc) is 2.92. The predicted octanol–water partition coefficient (Wildman–Crippen LogP) is 5.54. The fourth-order valence-corrected chi connectivity index (χ4v) is 5.32. The second-order valence-electron chi connectivity index (χ2n) is 9.49. The van der Waals surface area contributed by atoms with E-state index in [1.807, 2.05) is 48.5 Å². The molecule has 0 N–H and O–H groups in total. The molecule has 3 aliphatic rings. The summed E-state index contributed by atoms with van der Waals surface area (Å²) in [5.74, 6) is -0.162. The molecule has 2 aromatic carbocycles. The monoisotopic (exact) mass is 486 g/mol. The minimum atomic E-state index is -0.242. The topological polar surface area (TPSA) is 60.2 Å². The molecule has 1 saturated heterocycles. The Morgan fingerprint density at radius 1 is 1.00 bits per heavy atom. The summed E-state index contributed by atoms with van der Waals surface area (Å²) in [5, 5.41) is 0. The van der Waals surface area contributed by atoms with Crippen molar-refractivity contribution in [3.8, 4) is 0 Å². The van der Waals surface area contributed by atoms with Crippen molar-refractivity contribution in [2.75, 3.05) is 33.4 Å². The van der Waals surface area contributed by atoms with Crippen LogP contribution < -0.4 is 0 Å². The Balaban J connectivity index is 1.46. The predicted molar refractivity (Wildman–Crippen MR) is 140 cm³/mol. The van der Waals surface area contributed by atoms with Crippen LogP contribution >= 0.6 is 0 Å². The molecule has 186 valence electrons. The van der Waals surface area contributed by atoms with Gasteiger partial charge in [-0.1, -0.05) is 42.5 Å². The van der Waals surface area contributed by atoms with Gasteiger partial charge in [0.05, 0.1) is 7.11 Å². The van der Waals surface area contributed by atoms with E-state index in [0.29, 0.717) is 36.7 Å². The van der Waals surface area contributed by atoms with Gasteiger partial charge in [-0.15, -0.1) is 0 Å². The van der Waals surface area contributed by atoms with Crippen molar-refractivity contribution in [2.45, 2.75) is 37.0 Å². The van der Waals surface area contributed by atoms with E-state index in [1.165, 1.54) is 7.11 Å². The fraction of sp³-hybridized carbons (Fsp3) is 0.367. The van der Waals surface area contributed by atoms with Gasteiger partial charge in [-0.25, -0.2) is 4.39 Å². The number of benzene rings is 2. The number of halogens is 1. The molecule has 3 aliphatic heterocycles. The number of aliphatic imine (C=N–C) groups is 2. The minimum Gasteiger partial charge on any atom is -0.493 e. The van der Waals surface area contributed by atoms with Gasteiger partial charge in [-0.2, -0.15) is 0 Å². The lowest BCUT2D eigenvalue weighted by Crippen LogP contribution is -2.28. The van der Waals surface area contributed by atoms with Gasteiger partial charge in [-0.3, -0.25) is 14.8 Å². The lowest BCUT2D eigenvalue weighted by atomic mass is 9.84. The molecular formula is C30H31FN2O3. The van der Waals surface area contributed by atoms with Crippen LogP contribution in [0.3, 0.4) is 0 Å². The van der Waals surface area contributed by atoms with Gasteiger partial charge in [0.1, 0.15) is 11.5 Å². The summed E-state index contributed by atoms with van der Waals surface area (Å²) in [6.07, 6.45) is 7.68. The molecular weight excluding hydrogens is 455 g/mol. The second-order valence-corrected chi connectivity index (χ2v) is 9.49. The van der Waals surface area contributed by atoms with Gasteiger partial charge >= 0.3 is 0 Å². The molecule has 0 amide bonds. The molecule has 2 aromatic rings. The molecule has 0 aliphatic carbocycles. The number of carbonyl (C=O) groups excluding carboxylic acids is 1. The van der Waals surface area contributed by atoms with Gasteiger partial charge in [0.2, 0.25) is 5.78 Å². The summed E-state index contributed by atoms with van der Waals surface area (Å²) >= 11 is 0. The third-order valence-electron chi connectivity index (χ3n) is 7.37. The standard InChI is InChI=1S/C30H31FN2O3/c1-35-28-10-8-23(24-9-7-22(17-27(24)31)20-12-15-36-16-13-20)18-33-29(30(28)34)25-11-14-32-19-26(25)21-5-3-2-4-6-21/h2-7,9-11,14,17,20,23,26H,8,12-13,15-16,18-19H2,1H3. The number of hydrogen-bond acceptors (Lipinski definition) is 5. The van der Waals surface area contributed by atoms with Crippen LogP contribution in [0, 0.1) is 5.82 Å². The SMILES string of the molecule is COC1=CCC(c2ccc(C3CCOCC3)cc2F)CN=C(C2=CC=NCC2c2ccccc2)C1=O. The highest BCUT2D eigenvalue weighted by atomic mass is 19.1. The number of methoxy groups -OCH3 is 1. The third kappa shape index (κ3) is 5.09. The molecule has 0 aromatic heterocycles. The summed E-state index contributed by atoms with van der Waals surface area (Å²) in [6, 6.07) is 15.6. The van der Waals surface area contributed by atoms with E-state index in [0.717, 1.165) is 42.8 Å². The maximum atomic E-state index is 15.4. The van der Waals surface area contributed by atoms with Crippen LogP contribution in [0.15, 0.2) is 82.0 Å². The van der Waals surface area contributed by atoms with Crippen molar-refractivity contribution in [3.63, 3.8) is 0 Å². The van der Waals surface area contributed by atoms with Gasteiger partial charge in [0.25, 0.3) is 0 Å². The number of nitrogens with zero attached hydrogens (tertiary/aromatic N) is 2. The Bertz CT molecular complexity index is 1230. The zero-order valence-electron chi connectivity index (χ0n) is 20.5. The van der Waals surface area contributed by atoms with Crippen molar-refractivity contribution in [1.29, 1.82) is 0 Å². The molecule has 5 rings (SSSR count). The van der Waals surface area contributed by atoms with E-state index in [9.17, 15) is 4.79 Å². The Labute approximate surface area is 211 Å². The largest absolute Gasteiger partial charge is 0.493 e. The van der Waals surface area contributed by atoms with Crippen LogP contribution in [0.5, 0.6) is 0 Å². The van der Waals surface area contributed by atoms with Crippen LogP contribution in [0.1, 0.15) is 53.7 Å². The minimum absolute atomic E-state index is 0.0784. The van der Waals surface area contributed by atoms with Crippen LogP contribution in [-0.2, 0) is 14.3 Å². The summed E-state index contributed by atoms with van der Waals surface area (Å²) in [6.45, 7) is 2.30. The number of Topliss-reactive ketones (excluding diaryl/α,β-unsaturated/α-hetero) is 1. The number of carbonyl (C=O) groups is 1. The Kier molecular flexibility index (Phi) is 7.52. The number of allylic oxidation sites excluding steroid dienone is 3. The summed E-state index contributed by atoms with van der Waals surface area (Å²) in [7, 11) is 1.49. The Hall–Kier alpha value is -3.38. The second kappa shape index (κ2) is 11.1. The van der Waals surface area contributed by atoms with E-state index >= 15 is 4.39 Å². The molecule has 3 heterocycles. The zero-order chi connectivity index (χ0) is 24.9. The molecule has 36 heavy (non-hydrogen) atoms. The molecule has 0 radical (unpaired) electrons. The first-order valence-electron chi connectivity index (χ1n) is 12.6. The Morgan fingerprint density at radius 3 is 2.56 bits per heavy atom. The molecule has 2 unspecified atom stereocenters. The highest BCUT2D eigenvalue weighted by molar-refractivity contribution is 6.51. The van der Waals surface area contributed by atoms with Gasteiger partial charge in [0.15, 0.2) is 5.76 Å². The van der Waals surface area contributed by atoms with Gasteiger partial charge < -0.3 is 9.47 Å². The highest BCUT2D eigenvalue weighted by Crippen LogP contribution is 2.34. The number of rotatable bonds is 5. The quantitative estimate of drug-likeness (QED) is 0.557. The van der Waals surface area contributed by atoms with E-state index in [-0.39, 0.29) is 29.2 Å². The summed E-state index contributed by atoms with van der Waals surface area (Å²) < 4.78 is 26.3. The van der Waals surface area contributed by atoms with Crippen LogP contribution in [0.25, 0.3) is 0 Å². The molecule has 1 fully saturated rings. The maximum absolute atomic E-state index is 15.4. The van der Waals surface area contributed by atoms with Gasteiger partial charge in [-0.05, 0) is 65.7 Å². The van der Waals surface area contributed by atoms with E-state index in [1.54, 1.807) is 18.4 Å². The number of dihydropyridines is 1. The van der Waals surface area contributed by atoms with Crippen molar-refractivity contribution in [1.82, 2.24) is 0 Å². The van der Waals surface area contributed by atoms with Crippen LogP contribution in [-0.4, -0.2) is 51.1 Å². The van der Waals surface area contributed by atoms with Crippen LogP contribution in [0.2, 0.25) is 0 Å². The normalized spacial score (nSPS) is 23.3. The number of ketones is 1. The first-order valence-corrected chi connectivity index (χ1v) is 12.6. The third-order valence-corrected chi connectivity index (χ3v) is 7.37. The van der Waals surface area contributed by atoms with Crippen molar-refractivity contribution >= 4 is 17.7 Å². The molecule has 0 saturated carbocycles. The fourth-order valence-electron chi connectivity index (χ4n) is 5.32. The van der Waals surface area contributed by atoms with E-state index in [4.69, 9.17) is 14.5 Å². The molecule has 5 nitrogen and oxygen atoms in total. The number of ether oxygens (including phenoxy) is 2. The van der Waals surface area contributed by atoms with Crippen molar-refractivity contribution < 1.29 is 18.7 Å². The number of hydrogen-bond donors (Lipinski definition) is 0. The average molecular weight is 487 g/mol. The van der Waals surface area contributed by atoms with E-state index in [2.05, 4.69) is 4.99 Å². The summed E-state index contributed by atoms with van der Waals surface area (Å²) in [5.41, 5.74) is 3.91. The maximum Gasteiger partial charge on any atom is 0.245 e. The lowest BCUT2D eigenvalue weighted by molar-refractivity contribution is -0.112. The summed E-state index contributed by atoms with van der Waals surface area (Å²) in [4.78, 5) is 22.7. The zero-order valence-corrected chi connectivity index (χ0v) is 20.5. The molecule has 6 heteroatoms. The van der Waals surface area contributed by atoms with E-state index < -0.39 is 0 Å². The van der Waals surface area contributed by atoms with Crippen molar-refractivity contribution in [3.05, 3.63) is 94.5 Å². The molecule has 2 atom stereocenters. The lowest BCUT2D eigenvalue weighted by Gasteiger charge is -2.25. The molecule has 0 bridgehead atoms. The van der Waals surface area contributed by atoms with Crippen LogP contribution in [0.4, 0.5) is 4.39 Å².